The summed E-state index contributed by atoms with van der Waals surface area (Å²) >= 11 is 1.43. The normalized spacial score (nSPS) is 19.1. The van der Waals surface area contributed by atoms with Crippen molar-refractivity contribution in [2.45, 2.75) is 38.0 Å². The summed E-state index contributed by atoms with van der Waals surface area (Å²) in [5.41, 5.74) is 3.32. The van der Waals surface area contributed by atoms with E-state index in [1.807, 2.05) is 17.5 Å². The molecule has 1 aromatic carbocycles. The number of carbonyl (C=O) groups excluding carboxylic acids is 1. The molecule has 4 aromatic rings. The number of halogens is 1. The fourth-order valence-electron chi connectivity index (χ4n) is 5.17. The van der Waals surface area contributed by atoms with Gasteiger partial charge in [-0.2, -0.15) is 4.39 Å². The maximum absolute atomic E-state index is 13.5. The first-order valence-electron chi connectivity index (χ1n) is 12.9. The Balaban J connectivity index is 1.11. The van der Waals surface area contributed by atoms with Gasteiger partial charge < -0.3 is 19.5 Å². The van der Waals surface area contributed by atoms with Crippen molar-refractivity contribution >= 4 is 28.1 Å². The molecule has 0 aliphatic carbocycles. The summed E-state index contributed by atoms with van der Waals surface area (Å²) in [6, 6.07) is 15.1. The molecule has 0 bridgehead atoms. The number of anilines is 2. The molecule has 2 atom stereocenters. The van der Waals surface area contributed by atoms with Crippen molar-refractivity contribution < 1.29 is 13.9 Å². The number of rotatable bonds is 8. The Morgan fingerprint density at radius 3 is 2.92 bits per heavy atom. The van der Waals surface area contributed by atoms with Crippen LogP contribution >= 0.6 is 11.3 Å². The molecule has 1 unspecified atom stereocenters. The van der Waals surface area contributed by atoms with Gasteiger partial charge in [-0.3, -0.25) is 10.1 Å². The topological polar surface area (TPSA) is 84.3 Å². The van der Waals surface area contributed by atoms with Crippen LogP contribution in [0.3, 0.4) is 0 Å². The predicted octanol–water partition coefficient (Wildman–Crippen LogP) is 4.86. The highest BCUT2D eigenvalue weighted by atomic mass is 32.1. The summed E-state index contributed by atoms with van der Waals surface area (Å²) in [6.07, 6.45) is 6.60. The van der Waals surface area contributed by atoms with Gasteiger partial charge in [-0.05, 0) is 79.9 Å². The van der Waals surface area contributed by atoms with Crippen LogP contribution in [0.15, 0.2) is 66.3 Å². The van der Waals surface area contributed by atoms with Crippen LogP contribution in [0.25, 0.3) is 0 Å². The third kappa shape index (κ3) is 5.41. The van der Waals surface area contributed by atoms with Gasteiger partial charge in [0.25, 0.3) is 5.91 Å². The Bertz CT molecular complexity index is 1400. The number of hydrogen-bond acceptors (Lipinski definition) is 7. The summed E-state index contributed by atoms with van der Waals surface area (Å²) in [4.78, 5) is 23.8. The highest BCUT2D eigenvalue weighted by molar-refractivity contribution is 7.14. The van der Waals surface area contributed by atoms with Gasteiger partial charge in [-0.25, -0.2) is 9.97 Å². The molecular weight excluding hydrogens is 503 g/mol. The van der Waals surface area contributed by atoms with Crippen molar-refractivity contribution in [2.24, 2.45) is 0 Å². The lowest BCUT2D eigenvalue weighted by Crippen LogP contribution is -2.23. The Morgan fingerprint density at radius 1 is 1.21 bits per heavy atom. The van der Waals surface area contributed by atoms with E-state index in [4.69, 9.17) is 9.72 Å². The van der Waals surface area contributed by atoms with Crippen LogP contribution in [0.2, 0.25) is 0 Å². The molecule has 2 N–H and O–H groups in total. The zero-order valence-electron chi connectivity index (χ0n) is 20.8. The van der Waals surface area contributed by atoms with Crippen LogP contribution in [-0.2, 0) is 6.54 Å². The highest BCUT2D eigenvalue weighted by Gasteiger charge is 2.29. The van der Waals surface area contributed by atoms with Gasteiger partial charge in [0.1, 0.15) is 17.5 Å². The molecule has 0 spiro atoms. The molecule has 0 radical (unpaired) electrons. The van der Waals surface area contributed by atoms with Crippen molar-refractivity contribution in [2.75, 3.05) is 29.9 Å². The van der Waals surface area contributed by atoms with Crippen molar-refractivity contribution in [3.63, 3.8) is 0 Å². The summed E-state index contributed by atoms with van der Waals surface area (Å²) in [6.45, 7) is 3.24. The lowest BCUT2D eigenvalue weighted by atomic mass is 10.1. The van der Waals surface area contributed by atoms with Crippen molar-refractivity contribution in [1.82, 2.24) is 19.9 Å². The molecule has 2 saturated heterocycles. The SMILES string of the molecule is O=C(Nc1nc([C@H]2CCCN2c2ccc(OC3CCNC3)cc2)cs1)c1cccn1Cc1ccnc(F)c1. The average Bonchev–Trinajstić information content (AvgIpc) is 3.72. The highest BCUT2D eigenvalue weighted by Crippen LogP contribution is 2.38. The summed E-state index contributed by atoms with van der Waals surface area (Å²) in [5, 5.41) is 8.86. The Labute approximate surface area is 224 Å². The number of amides is 1. The lowest BCUT2D eigenvalue weighted by Gasteiger charge is -2.26. The minimum absolute atomic E-state index is 0.160. The van der Waals surface area contributed by atoms with Crippen molar-refractivity contribution in [3.8, 4) is 5.75 Å². The van der Waals surface area contributed by atoms with Crippen LogP contribution in [0.4, 0.5) is 15.2 Å². The van der Waals surface area contributed by atoms with E-state index in [1.165, 1.54) is 23.6 Å². The molecule has 10 heteroatoms. The molecule has 8 nitrogen and oxygen atoms in total. The summed E-state index contributed by atoms with van der Waals surface area (Å²) in [5.74, 6) is 0.111. The number of nitrogens with one attached hydrogen (secondary N) is 2. The Kier molecular flexibility index (Phi) is 7.06. The minimum Gasteiger partial charge on any atom is -0.489 e. The Morgan fingerprint density at radius 2 is 2.11 bits per heavy atom. The van der Waals surface area contributed by atoms with Gasteiger partial charge in [0, 0.05) is 43.1 Å². The average molecular weight is 533 g/mol. The van der Waals surface area contributed by atoms with E-state index >= 15 is 0 Å². The maximum Gasteiger partial charge on any atom is 0.274 e. The monoisotopic (exact) mass is 532 g/mol. The van der Waals surface area contributed by atoms with E-state index in [9.17, 15) is 9.18 Å². The Hall–Kier alpha value is -3.76. The van der Waals surface area contributed by atoms with Gasteiger partial charge in [-0.1, -0.05) is 0 Å². The van der Waals surface area contributed by atoms with Crippen LogP contribution in [0.1, 0.15) is 47.1 Å². The number of aromatic nitrogens is 3. The quantitative estimate of drug-likeness (QED) is 0.315. The molecule has 2 aliphatic heterocycles. The number of thiazole rings is 1. The second-order valence-electron chi connectivity index (χ2n) is 9.62. The molecule has 6 rings (SSSR count). The van der Waals surface area contributed by atoms with Crippen LogP contribution in [-0.4, -0.2) is 46.2 Å². The third-order valence-corrected chi connectivity index (χ3v) is 7.80. The van der Waals surface area contributed by atoms with Crippen LogP contribution in [0.5, 0.6) is 5.75 Å². The van der Waals surface area contributed by atoms with Crippen LogP contribution in [0, 0.1) is 5.95 Å². The smallest absolute Gasteiger partial charge is 0.274 e. The van der Waals surface area contributed by atoms with Crippen molar-refractivity contribution in [3.05, 3.63) is 89.2 Å². The first-order chi connectivity index (χ1) is 18.6. The molecular formula is C28H29FN6O2S. The second kappa shape index (κ2) is 10.9. The van der Waals surface area contributed by atoms with Gasteiger partial charge >= 0.3 is 0 Å². The van der Waals surface area contributed by atoms with E-state index in [-0.39, 0.29) is 18.1 Å². The van der Waals surface area contributed by atoms with Gasteiger partial charge in [0.05, 0.1) is 11.7 Å². The molecule has 3 aromatic heterocycles. The van der Waals surface area contributed by atoms with E-state index < -0.39 is 5.95 Å². The molecule has 5 heterocycles. The second-order valence-corrected chi connectivity index (χ2v) is 10.5. The molecule has 2 fully saturated rings. The fraction of sp³-hybridized carbons (Fsp3) is 0.321. The zero-order valence-corrected chi connectivity index (χ0v) is 21.7. The summed E-state index contributed by atoms with van der Waals surface area (Å²) in [7, 11) is 0. The van der Waals surface area contributed by atoms with Crippen molar-refractivity contribution in [1.29, 1.82) is 0 Å². The third-order valence-electron chi connectivity index (χ3n) is 7.03. The number of carbonyl (C=O) groups is 1. The molecule has 2 aliphatic rings. The number of pyridine rings is 1. The molecule has 38 heavy (non-hydrogen) atoms. The van der Waals surface area contributed by atoms with Gasteiger partial charge in [0.15, 0.2) is 5.13 Å². The fourth-order valence-corrected chi connectivity index (χ4v) is 5.93. The minimum atomic E-state index is -0.539. The van der Waals surface area contributed by atoms with Gasteiger partial charge in [-0.15, -0.1) is 11.3 Å². The number of nitrogens with zero attached hydrogens (tertiary/aromatic N) is 4. The first kappa shape index (κ1) is 24.6. The lowest BCUT2D eigenvalue weighted by molar-refractivity contribution is 0.101. The molecule has 0 saturated carbocycles. The van der Waals surface area contributed by atoms with E-state index in [1.54, 1.807) is 29.0 Å². The van der Waals surface area contributed by atoms with Crippen LogP contribution < -0.4 is 20.3 Å². The number of ether oxygens (including phenoxy) is 1. The predicted molar refractivity (Wildman–Crippen MR) is 145 cm³/mol. The zero-order chi connectivity index (χ0) is 25.9. The standard InChI is InChI=1S/C28H29FN6O2S/c29-26-15-19(9-12-31-26)17-34-13-1-4-25(34)27(36)33-28-32-23(18-38-28)24-3-2-14-35(24)20-5-7-21(8-6-20)37-22-10-11-30-16-22/h1,4-9,12-13,15,18,22,24,30H,2-3,10-11,14,16-17H2,(H,32,33,36)/t22?,24-/m1/s1. The molecule has 1 amide bonds. The van der Waals surface area contributed by atoms with Gasteiger partial charge in [0.2, 0.25) is 5.95 Å². The first-order valence-corrected chi connectivity index (χ1v) is 13.8. The largest absolute Gasteiger partial charge is 0.489 e. The summed E-state index contributed by atoms with van der Waals surface area (Å²) < 4.78 is 21.3. The number of hydrogen-bond donors (Lipinski definition) is 2. The number of benzene rings is 1. The molecule has 196 valence electrons. The van der Waals surface area contributed by atoms with E-state index in [0.29, 0.717) is 17.4 Å². The maximum atomic E-state index is 13.5. The van der Waals surface area contributed by atoms with E-state index in [0.717, 1.165) is 61.6 Å². The van der Waals surface area contributed by atoms with E-state index in [2.05, 4.69) is 32.7 Å².